The number of nitrogens with two attached hydrogens (primary N) is 1. The van der Waals surface area contributed by atoms with E-state index in [0.717, 1.165) is 33.5 Å². The monoisotopic (exact) mass is 434 g/mol. The number of rotatable bonds is 6. The van der Waals surface area contributed by atoms with Gasteiger partial charge in [-0.3, -0.25) is 10.1 Å². The van der Waals surface area contributed by atoms with Crippen molar-refractivity contribution in [3.63, 3.8) is 0 Å². The van der Waals surface area contributed by atoms with E-state index in [1.807, 2.05) is 32.0 Å². The minimum Gasteiger partial charge on any atom is -0.496 e. The summed E-state index contributed by atoms with van der Waals surface area (Å²) in [7, 11) is -2.45. The highest BCUT2D eigenvalue weighted by molar-refractivity contribution is 7.89. The SMILES string of the molecule is COc1ccc(-c2nc(Nc3ccc(S(N)(=O)=O)cc3[N+](=O)[O-])sc2C)cc1C. The first-order valence-corrected chi connectivity index (χ1v) is 10.7. The van der Waals surface area contributed by atoms with Gasteiger partial charge >= 0.3 is 0 Å². The van der Waals surface area contributed by atoms with E-state index in [1.54, 1.807) is 7.11 Å². The topological polar surface area (TPSA) is 137 Å². The summed E-state index contributed by atoms with van der Waals surface area (Å²) in [4.78, 5) is 15.8. The fourth-order valence-electron chi connectivity index (χ4n) is 2.80. The van der Waals surface area contributed by atoms with Crippen LogP contribution in [0.5, 0.6) is 5.75 Å². The van der Waals surface area contributed by atoms with E-state index in [-0.39, 0.29) is 10.6 Å². The van der Waals surface area contributed by atoms with Crippen LogP contribution < -0.4 is 15.2 Å². The molecule has 11 heteroatoms. The zero-order valence-corrected chi connectivity index (χ0v) is 17.4. The summed E-state index contributed by atoms with van der Waals surface area (Å²) in [6.07, 6.45) is 0. The number of nitro groups is 1. The molecule has 1 heterocycles. The van der Waals surface area contributed by atoms with Gasteiger partial charge in [-0.15, -0.1) is 11.3 Å². The molecule has 0 aliphatic heterocycles. The molecule has 2 aromatic carbocycles. The predicted octanol–water partition coefficient (Wildman–Crippen LogP) is 3.73. The fraction of sp³-hybridized carbons (Fsp3) is 0.167. The van der Waals surface area contributed by atoms with Crippen molar-refractivity contribution >= 4 is 37.9 Å². The molecule has 3 N–H and O–H groups in total. The summed E-state index contributed by atoms with van der Waals surface area (Å²) >= 11 is 1.33. The van der Waals surface area contributed by atoms with Crippen molar-refractivity contribution in [1.29, 1.82) is 0 Å². The Morgan fingerprint density at radius 2 is 1.93 bits per heavy atom. The van der Waals surface area contributed by atoms with E-state index in [1.165, 1.54) is 23.5 Å². The number of methoxy groups -OCH3 is 1. The van der Waals surface area contributed by atoms with Gasteiger partial charge in [0.15, 0.2) is 5.13 Å². The van der Waals surface area contributed by atoms with Crippen LogP contribution in [0.3, 0.4) is 0 Å². The molecule has 0 radical (unpaired) electrons. The molecule has 0 spiro atoms. The van der Waals surface area contributed by atoms with Crippen LogP contribution in [0.25, 0.3) is 11.3 Å². The first kappa shape index (κ1) is 20.7. The van der Waals surface area contributed by atoms with E-state index >= 15 is 0 Å². The Bertz CT molecular complexity index is 1200. The van der Waals surface area contributed by atoms with E-state index < -0.39 is 20.6 Å². The second kappa shape index (κ2) is 7.78. The van der Waals surface area contributed by atoms with Crippen LogP contribution in [-0.4, -0.2) is 25.4 Å². The van der Waals surface area contributed by atoms with Gasteiger partial charge in [0.25, 0.3) is 5.69 Å². The van der Waals surface area contributed by atoms with E-state index in [9.17, 15) is 18.5 Å². The molecule has 1 aromatic heterocycles. The Hall–Kier alpha value is -3.02. The number of hydrogen-bond donors (Lipinski definition) is 2. The first-order valence-electron chi connectivity index (χ1n) is 8.31. The maximum absolute atomic E-state index is 11.5. The third kappa shape index (κ3) is 4.36. The highest BCUT2D eigenvalue weighted by atomic mass is 32.2. The normalized spacial score (nSPS) is 11.3. The van der Waals surface area contributed by atoms with Crippen molar-refractivity contribution in [2.45, 2.75) is 18.7 Å². The number of anilines is 2. The molecular formula is C18H18N4O5S2. The van der Waals surface area contributed by atoms with Gasteiger partial charge in [0.2, 0.25) is 10.0 Å². The number of nitrogens with zero attached hydrogens (tertiary/aromatic N) is 2. The van der Waals surface area contributed by atoms with Gasteiger partial charge in [0.05, 0.1) is 22.6 Å². The van der Waals surface area contributed by atoms with Crippen LogP contribution in [0.15, 0.2) is 41.3 Å². The summed E-state index contributed by atoms with van der Waals surface area (Å²) in [5.41, 5.74) is 2.30. The predicted molar refractivity (Wildman–Crippen MR) is 111 cm³/mol. The summed E-state index contributed by atoms with van der Waals surface area (Å²) in [5.74, 6) is 0.769. The highest BCUT2D eigenvalue weighted by Gasteiger charge is 2.20. The number of hydrogen-bond acceptors (Lipinski definition) is 8. The number of sulfonamides is 1. The molecule has 0 amide bonds. The van der Waals surface area contributed by atoms with E-state index in [4.69, 9.17) is 9.88 Å². The van der Waals surface area contributed by atoms with E-state index in [2.05, 4.69) is 10.3 Å². The Balaban J connectivity index is 1.97. The Kier molecular flexibility index (Phi) is 5.55. The van der Waals surface area contributed by atoms with Crippen molar-refractivity contribution in [2.75, 3.05) is 12.4 Å². The molecule has 0 fully saturated rings. The van der Waals surface area contributed by atoms with Crippen LogP contribution in [0.1, 0.15) is 10.4 Å². The summed E-state index contributed by atoms with van der Waals surface area (Å²) in [5, 5.41) is 19.8. The lowest BCUT2D eigenvalue weighted by atomic mass is 10.1. The molecule has 0 saturated heterocycles. The molecule has 29 heavy (non-hydrogen) atoms. The van der Waals surface area contributed by atoms with Gasteiger partial charge < -0.3 is 10.1 Å². The number of nitro benzene ring substituents is 1. The molecule has 3 aromatic rings. The van der Waals surface area contributed by atoms with Crippen LogP contribution in [0.4, 0.5) is 16.5 Å². The van der Waals surface area contributed by atoms with Gasteiger partial charge in [-0.25, -0.2) is 18.5 Å². The van der Waals surface area contributed by atoms with Gasteiger partial charge in [-0.2, -0.15) is 0 Å². The van der Waals surface area contributed by atoms with Crippen LogP contribution in [0.2, 0.25) is 0 Å². The number of aryl methyl sites for hydroxylation is 2. The third-order valence-corrected chi connectivity index (χ3v) is 6.00. The standard InChI is InChI=1S/C18H18N4O5S2/c1-10-8-12(4-7-16(10)27-3)17-11(2)28-18(21-17)20-14-6-5-13(29(19,25)26)9-15(14)22(23)24/h4-9H,1-3H3,(H,20,21)(H2,19,25,26). The molecular weight excluding hydrogens is 416 g/mol. The number of ether oxygens (including phenoxy) is 1. The van der Waals surface area contributed by atoms with Crippen molar-refractivity contribution < 1.29 is 18.1 Å². The van der Waals surface area contributed by atoms with Crippen LogP contribution in [-0.2, 0) is 10.0 Å². The van der Waals surface area contributed by atoms with Crippen LogP contribution >= 0.6 is 11.3 Å². The summed E-state index contributed by atoms with van der Waals surface area (Å²) in [6, 6.07) is 9.12. The average Bonchev–Trinajstić information content (AvgIpc) is 3.01. The van der Waals surface area contributed by atoms with Crippen molar-refractivity contribution in [2.24, 2.45) is 5.14 Å². The third-order valence-electron chi connectivity index (χ3n) is 4.20. The van der Waals surface area contributed by atoms with Gasteiger partial charge in [0.1, 0.15) is 11.4 Å². The molecule has 0 aliphatic rings. The molecule has 0 atom stereocenters. The van der Waals surface area contributed by atoms with Gasteiger partial charge in [0, 0.05) is 16.5 Å². The number of thiazole rings is 1. The number of benzene rings is 2. The smallest absolute Gasteiger partial charge is 0.294 e. The quantitative estimate of drug-likeness (QED) is 0.445. The number of aromatic nitrogens is 1. The second-order valence-electron chi connectivity index (χ2n) is 6.21. The minimum absolute atomic E-state index is 0.119. The Labute approximate surface area is 171 Å². The molecule has 3 rings (SSSR count). The van der Waals surface area contributed by atoms with Crippen molar-refractivity contribution in [3.05, 3.63) is 57.0 Å². The Morgan fingerprint density at radius 1 is 1.21 bits per heavy atom. The minimum atomic E-state index is -4.05. The maximum atomic E-state index is 11.5. The Morgan fingerprint density at radius 3 is 2.52 bits per heavy atom. The summed E-state index contributed by atoms with van der Waals surface area (Å²) < 4.78 is 28.2. The largest absolute Gasteiger partial charge is 0.496 e. The number of primary sulfonamides is 1. The highest BCUT2D eigenvalue weighted by Crippen LogP contribution is 2.36. The number of nitrogens with one attached hydrogen (secondary N) is 1. The zero-order chi connectivity index (χ0) is 21.3. The molecule has 0 bridgehead atoms. The molecule has 152 valence electrons. The fourth-order valence-corrected chi connectivity index (χ4v) is 4.19. The average molecular weight is 434 g/mol. The molecule has 0 unspecified atom stereocenters. The van der Waals surface area contributed by atoms with Crippen LogP contribution in [0, 0.1) is 24.0 Å². The lowest BCUT2D eigenvalue weighted by molar-refractivity contribution is -0.384. The summed E-state index contributed by atoms with van der Waals surface area (Å²) in [6.45, 7) is 3.83. The maximum Gasteiger partial charge on any atom is 0.294 e. The molecule has 9 nitrogen and oxygen atoms in total. The lowest BCUT2D eigenvalue weighted by Gasteiger charge is -2.07. The van der Waals surface area contributed by atoms with Crippen molar-refractivity contribution in [1.82, 2.24) is 4.98 Å². The van der Waals surface area contributed by atoms with Gasteiger partial charge in [-0.1, -0.05) is 0 Å². The molecule has 0 aliphatic carbocycles. The molecule has 0 saturated carbocycles. The first-order chi connectivity index (χ1) is 13.6. The zero-order valence-electron chi connectivity index (χ0n) is 15.8. The lowest BCUT2D eigenvalue weighted by Crippen LogP contribution is -2.12. The van der Waals surface area contributed by atoms with Gasteiger partial charge in [-0.05, 0) is 49.7 Å². The van der Waals surface area contributed by atoms with Crippen molar-refractivity contribution in [3.8, 4) is 17.0 Å². The van der Waals surface area contributed by atoms with E-state index in [0.29, 0.717) is 5.13 Å². The second-order valence-corrected chi connectivity index (χ2v) is 8.98.